The highest BCUT2D eigenvalue weighted by atomic mass is 35.5. The van der Waals surface area contributed by atoms with Gasteiger partial charge in [-0.05, 0) is 33.9 Å². The maximum absolute atomic E-state index is 13.0. The van der Waals surface area contributed by atoms with Crippen molar-refractivity contribution in [2.45, 2.75) is 45.9 Å². The zero-order chi connectivity index (χ0) is 22.8. The quantitative estimate of drug-likeness (QED) is 0.690. The van der Waals surface area contributed by atoms with Gasteiger partial charge in [-0.1, -0.05) is 11.6 Å². The number of carbonyl (C=O) groups excluding carboxylic acids is 2. The van der Waals surface area contributed by atoms with Gasteiger partial charge < -0.3 is 25.0 Å². The fourth-order valence-electron chi connectivity index (χ4n) is 3.15. The van der Waals surface area contributed by atoms with Crippen LogP contribution in [0.15, 0.2) is 12.1 Å². The summed E-state index contributed by atoms with van der Waals surface area (Å²) in [6, 6.07) is 3.27. The van der Waals surface area contributed by atoms with Crippen molar-refractivity contribution in [3.05, 3.63) is 38.3 Å². The standard InChI is InChI=1S/C21H27ClN4O4S/c1-21(2,3)30-20(28)23-10-12-8-13(22)9-15(29-5)17(12)25-18(27)19-24-14-6-7-26(4)11-16(14)31-19/h8-9H,6-7,10-11H2,1-5H3,(H,23,28)(H,25,27). The number of ether oxygens (including phenoxy) is 2. The van der Waals surface area contributed by atoms with E-state index in [1.54, 1.807) is 32.9 Å². The number of thiazole rings is 1. The Morgan fingerprint density at radius 3 is 2.74 bits per heavy atom. The molecular formula is C21H27ClN4O4S. The van der Waals surface area contributed by atoms with Crippen LogP contribution in [0.3, 0.4) is 0 Å². The van der Waals surface area contributed by atoms with Crippen molar-refractivity contribution in [2.24, 2.45) is 0 Å². The number of nitrogens with one attached hydrogen (secondary N) is 2. The first-order chi connectivity index (χ1) is 14.6. The van der Waals surface area contributed by atoms with E-state index in [2.05, 4.69) is 20.5 Å². The minimum atomic E-state index is -0.620. The first-order valence-electron chi connectivity index (χ1n) is 9.87. The number of rotatable bonds is 5. The van der Waals surface area contributed by atoms with Crippen LogP contribution in [-0.4, -0.2) is 48.2 Å². The molecule has 2 amide bonds. The number of nitrogens with zero attached hydrogens (tertiary/aromatic N) is 2. The van der Waals surface area contributed by atoms with Crippen LogP contribution < -0.4 is 15.4 Å². The van der Waals surface area contributed by atoms with Gasteiger partial charge in [-0.2, -0.15) is 0 Å². The monoisotopic (exact) mass is 466 g/mol. The molecule has 0 atom stereocenters. The lowest BCUT2D eigenvalue weighted by Crippen LogP contribution is -2.32. The summed E-state index contributed by atoms with van der Waals surface area (Å²) in [5.41, 5.74) is 1.37. The fraction of sp³-hybridized carbons (Fsp3) is 0.476. The molecule has 31 heavy (non-hydrogen) atoms. The molecule has 0 bridgehead atoms. The number of amides is 2. The molecule has 1 aliphatic heterocycles. The first kappa shape index (κ1) is 23.3. The van der Waals surface area contributed by atoms with E-state index in [9.17, 15) is 9.59 Å². The molecule has 0 unspecified atom stereocenters. The summed E-state index contributed by atoms with van der Waals surface area (Å²) in [6.07, 6.45) is 0.255. The Hall–Kier alpha value is -2.36. The fourth-order valence-corrected chi connectivity index (χ4v) is 4.46. The second-order valence-electron chi connectivity index (χ2n) is 8.33. The average Bonchev–Trinajstić information content (AvgIpc) is 3.09. The van der Waals surface area contributed by atoms with E-state index in [4.69, 9.17) is 21.1 Å². The van der Waals surface area contributed by atoms with Gasteiger partial charge >= 0.3 is 6.09 Å². The topological polar surface area (TPSA) is 92.8 Å². The molecule has 2 heterocycles. The number of carbonyl (C=O) groups is 2. The number of likely N-dealkylation sites (N-methyl/N-ethyl adjacent to an activating group) is 1. The Balaban J connectivity index is 1.81. The molecule has 0 saturated heterocycles. The van der Waals surface area contributed by atoms with E-state index in [0.29, 0.717) is 27.0 Å². The number of benzene rings is 1. The lowest BCUT2D eigenvalue weighted by Gasteiger charge is -2.20. The Morgan fingerprint density at radius 2 is 2.06 bits per heavy atom. The molecule has 1 aromatic carbocycles. The average molecular weight is 467 g/mol. The van der Waals surface area contributed by atoms with Crippen LogP contribution in [0.5, 0.6) is 5.75 Å². The summed E-state index contributed by atoms with van der Waals surface area (Å²) in [4.78, 5) is 32.9. The molecule has 8 nitrogen and oxygen atoms in total. The molecule has 168 valence electrons. The highest BCUT2D eigenvalue weighted by Crippen LogP contribution is 2.34. The van der Waals surface area contributed by atoms with E-state index in [-0.39, 0.29) is 12.5 Å². The minimum absolute atomic E-state index is 0.0978. The second-order valence-corrected chi connectivity index (χ2v) is 9.85. The second kappa shape index (κ2) is 9.42. The number of hydrogen-bond donors (Lipinski definition) is 2. The van der Waals surface area contributed by atoms with Crippen molar-refractivity contribution < 1.29 is 19.1 Å². The highest BCUT2D eigenvalue weighted by molar-refractivity contribution is 7.13. The third-order valence-electron chi connectivity index (χ3n) is 4.55. The zero-order valence-corrected chi connectivity index (χ0v) is 19.9. The van der Waals surface area contributed by atoms with E-state index in [1.807, 2.05) is 7.05 Å². The predicted molar refractivity (Wildman–Crippen MR) is 121 cm³/mol. The number of hydrogen-bond acceptors (Lipinski definition) is 7. The van der Waals surface area contributed by atoms with Gasteiger partial charge in [0.15, 0.2) is 5.01 Å². The summed E-state index contributed by atoms with van der Waals surface area (Å²) in [6.45, 7) is 7.16. The van der Waals surface area contributed by atoms with E-state index < -0.39 is 11.7 Å². The van der Waals surface area contributed by atoms with Gasteiger partial charge in [0.1, 0.15) is 11.4 Å². The highest BCUT2D eigenvalue weighted by Gasteiger charge is 2.23. The smallest absolute Gasteiger partial charge is 0.407 e. The van der Waals surface area contributed by atoms with Crippen molar-refractivity contribution >= 4 is 40.6 Å². The summed E-state index contributed by atoms with van der Waals surface area (Å²) >= 11 is 7.60. The van der Waals surface area contributed by atoms with Gasteiger partial charge in [-0.15, -0.1) is 11.3 Å². The SMILES string of the molecule is COc1cc(Cl)cc(CNC(=O)OC(C)(C)C)c1NC(=O)c1nc2c(s1)CN(C)CC2. The van der Waals surface area contributed by atoms with Gasteiger partial charge in [-0.25, -0.2) is 9.78 Å². The van der Waals surface area contributed by atoms with E-state index >= 15 is 0 Å². The van der Waals surface area contributed by atoms with Crippen LogP contribution >= 0.6 is 22.9 Å². The summed E-state index contributed by atoms with van der Waals surface area (Å²) < 4.78 is 10.7. The molecule has 0 saturated carbocycles. The summed E-state index contributed by atoms with van der Waals surface area (Å²) in [5.74, 6) is 0.0593. The number of alkyl carbamates (subject to hydrolysis) is 1. The molecule has 2 N–H and O–H groups in total. The van der Waals surface area contributed by atoms with Crippen molar-refractivity contribution in [1.82, 2.24) is 15.2 Å². The molecule has 2 aromatic rings. The van der Waals surface area contributed by atoms with Crippen molar-refractivity contribution in [2.75, 3.05) is 26.0 Å². The molecule has 0 aliphatic carbocycles. The van der Waals surface area contributed by atoms with Gasteiger partial charge in [0, 0.05) is 47.6 Å². The van der Waals surface area contributed by atoms with Crippen LogP contribution in [0.1, 0.15) is 46.7 Å². The maximum Gasteiger partial charge on any atom is 0.407 e. The summed E-state index contributed by atoms with van der Waals surface area (Å²) in [5, 5.41) is 6.38. The Labute approximate surface area is 190 Å². The lowest BCUT2D eigenvalue weighted by molar-refractivity contribution is 0.0523. The van der Waals surface area contributed by atoms with Gasteiger partial charge in [0.25, 0.3) is 5.91 Å². The third-order valence-corrected chi connectivity index (χ3v) is 5.84. The van der Waals surface area contributed by atoms with Crippen molar-refractivity contribution in [3.63, 3.8) is 0 Å². The van der Waals surface area contributed by atoms with Crippen molar-refractivity contribution in [3.8, 4) is 5.75 Å². The maximum atomic E-state index is 13.0. The normalized spacial score (nSPS) is 14.0. The number of halogens is 1. The largest absolute Gasteiger partial charge is 0.495 e. The lowest BCUT2D eigenvalue weighted by atomic mass is 10.1. The third kappa shape index (κ3) is 6.09. The van der Waals surface area contributed by atoms with E-state index in [1.165, 1.54) is 18.4 Å². The minimum Gasteiger partial charge on any atom is -0.495 e. The van der Waals surface area contributed by atoms with Crippen LogP contribution in [-0.2, 0) is 24.2 Å². The van der Waals surface area contributed by atoms with Gasteiger partial charge in [0.2, 0.25) is 0 Å². The summed E-state index contributed by atoms with van der Waals surface area (Å²) in [7, 11) is 3.54. The molecule has 1 aromatic heterocycles. The molecule has 10 heteroatoms. The molecule has 0 spiro atoms. The number of anilines is 1. The van der Waals surface area contributed by atoms with Gasteiger partial charge in [0.05, 0.1) is 18.5 Å². The van der Waals surface area contributed by atoms with Gasteiger partial charge in [-0.3, -0.25) is 4.79 Å². The number of methoxy groups -OCH3 is 1. The van der Waals surface area contributed by atoms with Crippen molar-refractivity contribution in [1.29, 1.82) is 0 Å². The predicted octanol–water partition coefficient (Wildman–Crippen LogP) is 4.07. The molecule has 1 aliphatic rings. The molecule has 3 rings (SSSR count). The van der Waals surface area contributed by atoms with Crippen LogP contribution in [0.2, 0.25) is 5.02 Å². The molecule has 0 fully saturated rings. The first-order valence-corrected chi connectivity index (χ1v) is 11.1. The van der Waals surface area contributed by atoms with E-state index in [0.717, 1.165) is 30.1 Å². The Kier molecular flexibility index (Phi) is 7.08. The number of fused-ring (bicyclic) bond motifs is 1. The van der Waals surface area contributed by atoms with Crippen LogP contribution in [0, 0.1) is 0 Å². The molecule has 0 radical (unpaired) electrons. The molecular weight excluding hydrogens is 440 g/mol. The zero-order valence-electron chi connectivity index (χ0n) is 18.3. The van der Waals surface area contributed by atoms with Crippen LogP contribution in [0.4, 0.5) is 10.5 Å². The van der Waals surface area contributed by atoms with Crippen LogP contribution in [0.25, 0.3) is 0 Å². The Bertz CT molecular complexity index is 986. The Morgan fingerprint density at radius 1 is 1.32 bits per heavy atom. The number of aromatic nitrogens is 1.